The number of amides is 1. The van der Waals surface area contributed by atoms with Crippen LogP contribution < -0.4 is 5.32 Å². The highest BCUT2D eigenvalue weighted by atomic mass is 16.2. The summed E-state index contributed by atoms with van der Waals surface area (Å²) in [5.41, 5.74) is 4.46. The lowest BCUT2D eigenvalue weighted by Crippen LogP contribution is -2.47. The zero-order valence-corrected chi connectivity index (χ0v) is 17.8. The van der Waals surface area contributed by atoms with Gasteiger partial charge in [0.05, 0.1) is 0 Å². The number of hydrogen-bond donors (Lipinski definition) is 1. The first-order valence-electron chi connectivity index (χ1n) is 10.7. The summed E-state index contributed by atoms with van der Waals surface area (Å²) in [6, 6.07) is 38.5. The molecule has 0 saturated heterocycles. The smallest absolute Gasteiger partial charge is 0.239 e. The van der Waals surface area contributed by atoms with Crippen LogP contribution in [0.15, 0.2) is 115 Å². The maximum atomic E-state index is 14.0. The summed E-state index contributed by atoms with van der Waals surface area (Å²) < 4.78 is 0. The monoisotopic (exact) mass is 405 g/mol. The molecule has 0 aliphatic rings. The molecule has 2 heteroatoms. The van der Waals surface area contributed by atoms with E-state index in [-0.39, 0.29) is 5.91 Å². The lowest BCUT2D eigenvalue weighted by molar-refractivity contribution is -0.124. The Hall–Kier alpha value is -3.65. The molecule has 0 bridgehead atoms. The molecule has 0 aliphatic carbocycles. The number of nitrogens with one attached hydrogen (secondary N) is 1. The predicted octanol–water partition coefficient (Wildman–Crippen LogP) is 5.69. The normalized spacial score (nSPS) is 11.1. The third-order valence-electron chi connectivity index (χ3n) is 5.90. The Balaban J connectivity index is 1.76. The first-order chi connectivity index (χ1) is 15.2. The van der Waals surface area contributed by atoms with Gasteiger partial charge in [0.2, 0.25) is 5.91 Å². The second kappa shape index (κ2) is 9.44. The zero-order valence-electron chi connectivity index (χ0n) is 17.8. The lowest BCUT2D eigenvalue weighted by atomic mass is 9.68. The summed E-state index contributed by atoms with van der Waals surface area (Å²) in [4.78, 5) is 14.0. The van der Waals surface area contributed by atoms with Gasteiger partial charge in [0.15, 0.2) is 0 Å². The summed E-state index contributed by atoms with van der Waals surface area (Å²) in [5.74, 6) is -0.00955. The molecule has 0 heterocycles. The second-order valence-corrected chi connectivity index (χ2v) is 7.78. The van der Waals surface area contributed by atoms with Gasteiger partial charge in [-0.1, -0.05) is 115 Å². The highest BCUT2D eigenvalue weighted by Gasteiger charge is 2.43. The second-order valence-electron chi connectivity index (χ2n) is 7.78. The van der Waals surface area contributed by atoms with Crippen molar-refractivity contribution in [2.45, 2.75) is 18.8 Å². The van der Waals surface area contributed by atoms with Crippen LogP contribution in [0.4, 0.5) is 0 Å². The van der Waals surface area contributed by atoms with Crippen molar-refractivity contribution in [1.29, 1.82) is 0 Å². The molecule has 4 aromatic rings. The molecule has 0 saturated carbocycles. The van der Waals surface area contributed by atoms with Crippen LogP contribution >= 0.6 is 0 Å². The fourth-order valence-corrected chi connectivity index (χ4v) is 4.29. The van der Waals surface area contributed by atoms with E-state index in [1.54, 1.807) is 0 Å². The Morgan fingerprint density at radius 3 is 1.52 bits per heavy atom. The van der Waals surface area contributed by atoms with E-state index in [0.29, 0.717) is 6.54 Å². The number of carbonyl (C=O) groups excluding carboxylic acids is 1. The van der Waals surface area contributed by atoms with Gasteiger partial charge in [0, 0.05) is 6.54 Å². The van der Waals surface area contributed by atoms with Crippen LogP contribution in [0.5, 0.6) is 0 Å². The molecule has 0 fully saturated rings. The van der Waals surface area contributed by atoms with Crippen molar-refractivity contribution in [3.05, 3.63) is 143 Å². The molecule has 0 spiro atoms. The van der Waals surface area contributed by atoms with Gasteiger partial charge < -0.3 is 5.32 Å². The van der Waals surface area contributed by atoms with Crippen molar-refractivity contribution < 1.29 is 4.79 Å². The quantitative estimate of drug-likeness (QED) is 0.393. The van der Waals surface area contributed by atoms with E-state index in [0.717, 1.165) is 23.1 Å². The van der Waals surface area contributed by atoms with Gasteiger partial charge in [-0.2, -0.15) is 0 Å². The van der Waals surface area contributed by atoms with Crippen molar-refractivity contribution in [3.8, 4) is 0 Å². The third kappa shape index (κ3) is 4.15. The van der Waals surface area contributed by atoms with Gasteiger partial charge in [-0.15, -0.1) is 0 Å². The van der Waals surface area contributed by atoms with Crippen molar-refractivity contribution in [2.75, 3.05) is 6.54 Å². The van der Waals surface area contributed by atoms with Crippen LogP contribution in [0.25, 0.3) is 0 Å². The number of hydrogen-bond acceptors (Lipinski definition) is 1. The van der Waals surface area contributed by atoms with E-state index < -0.39 is 5.41 Å². The molecule has 0 aromatic heterocycles. The minimum Gasteiger partial charge on any atom is -0.354 e. The van der Waals surface area contributed by atoms with Gasteiger partial charge in [0.1, 0.15) is 5.41 Å². The Morgan fingerprint density at radius 1 is 0.645 bits per heavy atom. The van der Waals surface area contributed by atoms with E-state index in [2.05, 4.69) is 24.4 Å². The van der Waals surface area contributed by atoms with E-state index in [1.165, 1.54) is 11.1 Å². The van der Waals surface area contributed by atoms with Crippen molar-refractivity contribution in [2.24, 2.45) is 0 Å². The van der Waals surface area contributed by atoms with Gasteiger partial charge >= 0.3 is 0 Å². The van der Waals surface area contributed by atoms with Crippen molar-refractivity contribution in [1.82, 2.24) is 5.32 Å². The van der Waals surface area contributed by atoms with E-state index >= 15 is 0 Å². The zero-order chi connectivity index (χ0) is 21.5. The largest absolute Gasteiger partial charge is 0.354 e. The third-order valence-corrected chi connectivity index (χ3v) is 5.90. The van der Waals surface area contributed by atoms with Crippen LogP contribution in [0.2, 0.25) is 0 Å². The van der Waals surface area contributed by atoms with Crippen LogP contribution in [-0.4, -0.2) is 12.5 Å². The maximum Gasteiger partial charge on any atom is 0.239 e. The first-order valence-corrected chi connectivity index (χ1v) is 10.7. The minimum atomic E-state index is -0.921. The average molecular weight is 406 g/mol. The molecule has 0 aliphatic heterocycles. The Kier molecular flexibility index (Phi) is 6.28. The molecule has 4 aromatic carbocycles. The van der Waals surface area contributed by atoms with Gasteiger partial charge in [-0.3, -0.25) is 4.79 Å². The number of benzene rings is 4. The highest BCUT2D eigenvalue weighted by molar-refractivity contribution is 5.96. The molecular weight excluding hydrogens is 378 g/mol. The SMILES string of the molecule is Cc1ccccc1CCNC(=O)C(c1ccccc1)(c1ccccc1)c1ccccc1. The standard InChI is InChI=1S/C29H27NO/c1-23-13-11-12-14-24(23)21-22-30-28(31)29(25-15-5-2-6-16-25,26-17-7-3-8-18-26)27-19-9-4-10-20-27/h2-20H,21-22H2,1H3,(H,30,31). The molecule has 2 nitrogen and oxygen atoms in total. The van der Waals surface area contributed by atoms with Gasteiger partial charge in [-0.25, -0.2) is 0 Å². The average Bonchev–Trinajstić information content (AvgIpc) is 2.83. The molecule has 0 unspecified atom stereocenters. The predicted molar refractivity (Wildman–Crippen MR) is 127 cm³/mol. The van der Waals surface area contributed by atoms with Crippen LogP contribution in [0, 0.1) is 6.92 Å². The van der Waals surface area contributed by atoms with Crippen molar-refractivity contribution >= 4 is 5.91 Å². The summed E-state index contributed by atoms with van der Waals surface area (Å²) in [6.45, 7) is 2.69. The Labute approximate surface area is 184 Å². The molecule has 1 amide bonds. The van der Waals surface area contributed by atoms with E-state index in [1.807, 2.05) is 103 Å². The Morgan fingerprint density at radius 2 is 1.06 bits per heavy atom. The molecule has 31 heavy (non-hydrogen) atoms. The summed E-state index contributed by atoms with van der Waals surface area (Å²) in [5, 5.41) is 3.26. The number of rotatable bonds is 7. The maximum absolute atomic E-state index is 14.0. The summed E-state index contributed by atoms with van der Waals surface area (Å²) in [6.07, 6.45) is 0.798. The number of aryl methyl sites for hydroxylation is 1. The van der Waals surface area contributed by atoms with Gasteiger partial charge in [-0.05, 0) is 41.2 Å². The van der Waals surface area contributed by atoms with Crippen LogP contribution in [0.1, 0.15) is 27.8 Å². The molecule has 1 N–H and O–H groups in total. The van der Waals surface area contributed by atoms with Crippen molar-refractivity contribution in [3.63, 3.8) is 0 Å². The highest BCUT2D eigenvalue weighted by Crippen LogP contribution is 2.39. The van der Waals surface area contributed by atoms with Crippen LogP contribution in [-0.2, 0) is 16.6 Å². The van der Waals surface area contributed by atoms with Gasteiger partial charge in [0.25, 0.3) is 0 Å². The van der Waals surface area contributed by atoms with Crippen LogP contribution in [0.3, 0.4) is 0 Å². The Bertz CT molecular complexity index is 1020. The van der Waals surface area contributed by atoms with E-state index in [4.69, 9.17) is 0 Å². The minimum absolute atomic E-state index is 0.00955. The first kappa shape index (κ1) is 20.6. The van der Waals surface area contributed by atoms with E-state index in [9.17, 15) is 4.79 Å². The summed E-state index contributed by atoms with van der Waals surface area (Å²) in [7, 11) is 0. The summed E-state index contributed by atoms with van der Waals surface area (Å²) >= 11 is 0. The number of carbonyl (C=O) groups is 1. The molecular formula is C29H27NO. The molecule has 0 atom stereocenters. The molecule has 0 radical (unpaired) electrons. The fraction of sp³-hybridized carbons (Fsp3) is 0.138. The molecule has 154 valence electrons. The fourth-order valence-electron chi connectivity index (χ4n) is 4.29. The lowest BCUT2D eigenvalue weighted by Gasteiger charge is -2.34. The molecule has 4 rings (SSSR count). The topological polar surface area (TPSA) is 29.1 Å².